The van der Waals surface area contributed by atoms with Crippen molar-refractivity contribution in [3.63, 3.8) is 0 Å². The van der Waals surface area contributed by atoms with Gasteiger partial charge in [-0.2, -0.15) is 5.10 Å². The van der Waals surface area contributed by atoms with Crippen molar-refractivity contribution >= 4 is 15.9 Å². The average molecular weight is 310 g/mol. The van der Waals surface area contributed by atoms with Gasteiger partial charge in [-0.1, -0.05) is 28.9 Å². The molecule has 0 spiro atoms. The van der Waals surface area contributed by atoms with Gasteiger partial charge in [0.2, 0.25) is 0 Å². The quantitative estimate of drug-likeness (QED) is 0.945. The summed E-state index contributed by atoms with van der Waals surface area (Å²) in [7, 11) is 0. The Morgan fingerprint density at radius 1 is 1.44 bits per heavy atom. The molecule has 18 heavy (non-hydrogen) atoms. The highest BCUT2D eigenvalue weighted by atomic mass is 79.9. The molecule has 0 fully saturated rings. The molecule has 0 radical (unpaired) electrons. The zero-order valence-electron chi connectivity index (χ0n) is 10.5. The Morgan fingerprint density at radius 2 is 2.22 bits per heavy atom. The predicted molar refractivity (Wildman–Crippen MR) is 73.3 cm³/mol. The van der Waals surface area contributed by atoms with Gasteiger partial charge >= 0.3 is 0 Å². The fraction of sp³-hybridized carbons (Fsp3) is 0.385. The lowest BCUT2D eigenvalue weighted by Crippen LogP contribution is -2.12. The number of aryl methyl sites for hydroxylation is 2. The molecule has 1 heterocycles. The SMILES string of the molecule is CCCn1ncnc1C(O)c1ccc(Br)cc1C. The summed E-state index contributed by atoms with van der Waals surface area (Å²) in [5.41, 5.74) is 1.89. The van der Waals surface area contributed by atoms with E-state index in [4.69, 9.17) is 0 Å². The topological polar surface area (TPSA) is 50.9 Å². The van der Waals surface area contributed by atoms with E-state index in [-0.39, 0.29) is 0 Å². The second-order valence-electron chi connectivity index (χ2n) is 4.24. The van der Waals surface area contributed by atoms with Crippen molar-refractivity contribution in [2.45, 2.75) is 32.9 Å². The number of nitrogens with zero attached hydrogens (tertiary/aromatic N) is 3. The summed E-state index contributed by atoms with van der Waals surface area (Å²) >= 11 is 3.42. The maximum Gasteiger partial charge on any atom is 0.160 e. The first-order valence-electron chi connectivity index (χ1n) is 5.95. The summed E-state index contributed by atoms with van der Waals surface area (Å²) in [5.74, 6) is 0.599. The first-order chi connectivity index (χ1) is 8.63. The predicted octanol–water partition coefficient (Wildman–Crippen LogP) is 2.84. The molecule has 0 saturated heterocycles. The second-order valence-corrected chi connectivity index (χ2v) is 5.16. The molecule has 1 N–H and O–H groups in total. The molecule has 0 amide bonds. The van der Waals surface area contributed by atoms with E-state index in [1.807, 2.05) is 25.1 Å². The first kappa shape index (κ1) is 13.2. The molecule has 2 rings (SSSR count). The van der Waals surface area contributed by atoms with Crippen molar-refractivity contribution in [1.82, 2.24) is 14.8 Å². The van der Waals surface area contributed by atoms with E-state index in [1.54, 1.807) is 4.68 Å². The number of aliphatic hydroxyl groups excluding tert-OH is 1. The van der Waals surface area contributed by atoms with Gasteiger partial charge < -0.3 is 5.11 Å². The van der Waals surface area contributed by atoms with Crippen LogP contribution in [-0.2, 0) is 6.54 Å². The van der Waals surface area contributed by atoms with Gasteiger partial charge in [0.25, 0.3) is 0 Å². The largest absolute Gasteiger partial charge is 0.380 e. The van der Waals surface area contributed by atoms with Crippen molar-refractivity contribution in [3.8, 4) is 0 Å². The van der Waals surface area contributed by atoms with Crippen molar-refractivity contribution in [2.75, 3.05) is 0 Å². The first-order valence-corrected chi connectivity index (χ1v) is 6.74. The lowest BCUT2D eigenvalue weighted by molar-refractivity contribution is 0.201. The van der Waals surface area contributed by atoms with E-state index in [0.717, 1.165) is 28.6 Å². The average Bonchev–Trinajstić information content (AvgIpc) is 2.77. The lowest BCUT2D eigenvalue weighted by Gasteiger charge is -2.14. The minimum absolute atomic E-state index is 0.599. The van der Waals surface area contributed by atoms with Gasteiger partial charge in [0.15, 0.2) is 5.82 Å². The van der Waals surface area contributed by atoms with Gasteiger partial charge in [0.1, 0.15) is 12.4 Å². The smallest absolute Gasteiger partial charge is 0.160 e. The molecule has 0 aliphatic carbocycles. The molecule has 5 heteroatoms. The second kappa shape index (κ2) is 5.63. The zero-order chi connectivity index (χ0) is 13.1. The van der Waals surface area contributed by atoms with E-state index < -0.39 is 6.10 Å². The van der Waals surface area contributed by atoms with Crippen molar-refractivity contribution < 1.29 is 5.11 Å². The summed E-state index contributed by atoms with van der Waals surface area (Å²) in [6.45, 7) is 4.81. The Morgan fingerprint density at radius 3 is 2.89 bits per heavy atom. The summed E-state index contributed by atoms with van der Waals surface area (Å²) < 4.78 is 2.76. The van der Waals surface area contributed by atoms with Crippen LogP contribution in [0.25, 0.3) is 0 Å². The molecule has 0 aliphatic rings. The Balaban J connectivity index is 2.35. The van der Waals surface area contributed by atoms with Crippen LogP contribution in [0.4, 0.5) is 0 Å². The van der Waals surface area contributed by atoms with Crippen LogP contribution in [0, 0.1) is 6.92 Å². The van der Waals surface area contributed by atoms with Crippen LogP contribution >= 0.6 is 15.9 Å². The lowest BCUT2D eigenvalue weighted by atomic mass is 10.0. The molecular formula is C13H16BrN3O. The monoisotopic (exact) mass is 309 g/mol. The number of aliphatic hydroxyl groups is 1. The van der Waals surface area contributed by atoms with Crippen LogP contribution in [-0.4, -0.2) is 19.9 Å². The highest BCUT2D eigenvalue weighted by molar-refractivity contribution is 9.10. The number of benzene rings is 1. The Bertz CT molecular complexity index is 539. The van der Waals surface area contributed by atoms with Crippen molar-refractivity contribution in [2.24, 2.45) is 0 Å². The van der Waals surface area contributed by atoms with Crippen molar-refractivity contribution in [3.05, 3.63) is 46.0 Å². The Labute approximate surface area is 115 Å². The third-order valence-corrected chi connectivity index (χ3v) is 3.35. The molecule has 4 nitrogen and oxygen atoms in total. The molecule has 1 aromatic carbocycles. The van der Waals surface area contributed by atoms with E-state index in [9.17, 15) is 5.11 Å². The minimum Gasteiger partial charge on any atom is -0.380 e. The Kier molecular flexibility index (Phi) is 4.14. The molecular weight excluding hydrogens is 294 g/mol. The van der Waals surface area contributed by atoms with Gasteiger partial charge in [-0.05, 0) is 36.6 Å². The number of hydrogen-bond acceptors (Lipinski definition) is 3. The molecule has 1 atom stereocenters. The molecule has 0 bridgehead atoms. The molecule has 96 valence electrons. The van der Waals surface area contributed by atoms with E-state index >= 15 is 0 Å². The standard InChI is InChI=1S/C13H16BrN3O/c1-3-6-17-13(15-8-16-17)12(18)11-5-4-10(14)7-9(11)2/h4-5,7-8,12,18H,3,6H2,1-2H3. The maximum absolute atomic E-state index is 10.4. The summed E-state index contributed by atoms with van der Waals surface area (Å²) in [6.07, 6.45) is 1.72. The Hall–Kier alpha value is -1.20. The van der Waals surface area contributed by atoms with Gasteiger partial charge in [-0.25, -0.2) is 9.67 Å². The van der Waals surface area contributed by atoms with E-state index in [0.29, 0.717) is 5.82 Å². The zero-order valence-corrected chi connectivity index (χ0v) is 12.1. The van der Waals surface area contributed by atoms with Gasteiger partial charge in [0, 0.05) is 11.0 Å². The molecule has 0 saturated carbocycles. The third-order valence-electron chi connectivity index (χ3n) is 2.85. The highest BCUT2D eigenvalue weighted by Crippen LogP contribution is 2.25. The number of rotatable bonds is 4. The third kappa shape index (κ3) is 2.62. The fourth-order valence-electron chi connectivity index (χ4n) is 1.95. The fourth-order valence-corrected chi connectivity index (χ4v) is 2.43. The normalized spacial score (nSPS) is 12.7. The number of halogens is 1. The minimum atomic E-state index is -0.729. The highest BCUT2D eigenvalue weighted by Gasteiger charge is 2.18. The van der Waals surface area contributed by atoms with Crippen LogP contribution in [0.3, 0.4) is 0 Å². The van der Waals surface area contributed by atoms with Gasteiger partial charge in [-0.15, -0.1) is 0 Å². The van der Waals surface area contributed by atoms with Gasteiger partial charge in [0.05, 0.1) is 0 Å². The summed E-state index contributed by atoms with van der Waals surface area (Å²) in [5, 5.41) is 14.6. The number of aromatic nitrogens is 3. The summed E-state index contributed by atoms with van der Waals surface area (Å²) in [4.78, 5) is 4.16. The molecule has 1 aromatic heterocycles. The van der Waals surface area contributed by atoms with Crippen molar-refractivity contribution in [1.29, 1.82) is 0 Å². The van der Waals surface area contributed by atoms with Crippen LogP contribution in [0.5, 0.6) is 0 Å². The molecule has 1 unspecified atom stereocenters. The number of hydrogen-bond donors (Lipinski definition) is 1. The molecule has 2 aromatic rings. The molecule has 0 aliphatic heterocycles. The summed E-state index contributed by atoms with van der Waals surface area (Å²) in [6, 6.07) is 5.82. The van der Waals surface area contributed by atoms with E-state index in [2.05, 4.69) is 32.9 Å². The maximum atomic E-state index is 10.4. The van der Waals surface area contributed by atoms with Gasteiger partial charge in [-0.3, -0.25) is 0 Å². The van der Waals surface area contributed by atoms with Crippen LogP contribution < -0.4 is 0 Å². The van der Waals surface area contributed by atoms with E-state index in [1.165, 1.54) is 6.33 Å². The van der Waals surface area contributed by atoms with Crippen LogP contribution in [0.2, 0.25) is 0 Å². The van der Waals surface area contributed by atoms with Crippen LogP contribution in [0.1, 0.15) is 36.4 Å². The van der Waals surface area contributed by atoms with Crippen LogP contribution in [0.15, 0.2) is 29.0 Å².